The van der Waals surface area contributed by atoms with Gasteiger partial charge in [-0.2, -0.15) is 0 Å². The van der Waals surface area contributed by atoms with E-state index in [2.05, 4.69) is 5.32 Å². The summed E-state index contributed by atoms with van der Waals surface area (Å²) in [5.74, 6) is -0.914. The summed E-state index contributed by atoms with van der Waals surface area (Å²) in [5.41, 5.74) is 2.42. The highest BCUT2D eigenvalue weighted by Gasteiger charge is 2.37. The van der Waals surface area contributed by atoms with E-state index in [-0.39, 0.29) is 25.4 Å². The van der Waals surface area contributed by atoms with Crippen LogP contribution < -0.4 is 5.32 Å². The molecule has 3 aromatic rings. The Morgan fingerprint density at radius 1 is 0.838 bits per heavy atom. The number of phenols is 1. The van der Waals surface area contributed by atoms with Crippen LogP contribution in [-0.2, 0) is 38.7 Å². The van der Waals surface area contributed by atoms with Crippen LogP contribution in [0.15, 0.2) is 84.9 Å². The normalized spacial score (nSPS) is 15.6. The van der Waals surface area contributed by atoms with Crippen LogP contribution in [0, 0.1) is 0 Å². The first-order valence-electron chi connectivity index (χ1n) is 12.3. The molecule has 8 heteroatoms. The van der Waals surface area contributed by atoms with Crippen LogP contribution in [0.3, 0.4) is 0 Å². The van der Waals surface area contributed by atoms with Crippen molar-refractivity contribution in [2.45, 2.75) is 44.6 Å². The van der Waals surface area contributed by atoms with Gasteiger partial charge < -0.3 is 19.9 Å². The predicted molar refractivity (Wildman–Crippen MR) is 136 cm³/mol. The molecule has 2 amide bonds. The molecular formula is C29H30N2O6. The Hall–Kier alpha value is -4.33. The summed E-state index contributed by atoms with van der Waals surface area (Å²) in [7, 11) is 0. The zero-order valence-electron chi connectivity index (χ0n) is 20.4. The van der Waals surface area contributed by atoms with Gasteiger partial charge in [-0.15, -0.1) is 0 Å². The Morgan fingerprint density at radius 2 is 1.43 bits per heavy atom. The van der Waals surface area contributed by atoms with Crippen LogP contribution in [0.5, 0.6) is 5.75 Å². The van der Waals surface area contributed by atoms with Crippen LogP contribution in [0.2, 0.25) is 0 Å². The maximum atomic E-state index is 13.3. The van der Waals surface area contributed by atoms with E-state index in [0.717, 1.165) is 16.7 Å². The molecule has 0 spiro atoms. The van der Waals surface area contributed by atoms with Crippen molar-refractivity contribution in [2.75, 3.05) is 6.54 Å². The van der Waals surface area contributed by atoms with Crippen LogP contribution >= 0.6 is 0 Å². The summed E-state index contributed by atoms with van der Waals surface area (Å²) in [4.78, 5) is 40.4. The number of benzene rings is 3. The summed E-state index contributed by atoms with van der Waals surface area (Å²) in [5, 5.41) is 12.4. The van der Waals surface area contributed by atoms with E-state index in [1.165, 1.54) is 17.0 Å². The number of esters is 1. The number of hydrogen-bond acceptors (Lipinski definition) is 6. The van der Waals surface area contributed by atoms with Gasteiger partial charge in [0.25, 0.3) is 0 Å². The van der Waals surface area contributed by atoms with Crippen molar-refractivity contribution in [1.82, 2.24) is 10.2 Å². The monoisotopic (exact) mass is 502 g/mol. The Morgan fingerprint density at radius 3 is 2.05 bits per heavy atom. The van der Waals surface area contributed by atoms with Gasteiger partial charge in [-0.05, 0) is 41.7 Å². The molecule has 3 aromatic carbocycles. The molecule has 1 saturated heterocycles. The molecule has 2 atom stereocenters. The molecule has 8 nitrogen and oxygen atoms in total. The molecule has 0 bridgehead atoms. The van der Waals surface area contributed by atoms with E-state index in [4.69, 9.17) is 9.47 Å². The third-order valence-corrected chi connectivity index (χ3v) is 6.20. The SMILES string of the molecule is O=C(OCc1ccccc1)C(Cc1ccc(O)cc1)NC(=O)C1CCCN1C(=O)OCc1ccccc1. The average Bonchev–Trinajstić information content (AvgIpc) is 3.43. The number of ether oxygens (including phenoxy) is 2. The summed E-state index contributed by atoms with van der Waals surface area (Å²) in [6.07, 6.45) is 0.727. The lowest BCUT2D eigenvalue weighted by molar-refractivity contribution is -0.149. The van der Waals surface area contributed by atoms with Crippen molar-refractivity contribution in [3.8, 4) is 5.75 Å². The van der Waals surface area contributed by atoms with Gasteiger partial charge in [-0.1, -0.05) is 72.8 Å². The second-order valence-corrected chi connectivity index (χ2v) is 8.92. The topological polar surface area (TPSA) is 105 Å². The number of rotatable bonds is 9. The molecule has 1 aliphatic heterocycles. The van der Waals surface area contributed by atoms with Gasteiger partial charge in [0, 0.05) is 13.0 Å². The van der Waals surface area contributed by atoms with Crippen molar-refractivity contribution in [3.63, 3.8) is 0 Å². The van der Waals surface area contributed by atoms with Crippen molar-refractivity contribution < 1.29 is 29.0 Å². The summed E-state index contributed by atoms with van der Waals surface area (Å²) < 4.78 is 10.9. The van der Waals surface area contributed by atoms with Crippen molar-refractivity contribution >= 4 is 18.0 Å². The van der Waals surface area contributed by atoms with Crippen LogP contribution in [-0.4, -0.2) is 46.6 Å². The van der Waals surface area contributed by atoms with E-state index in [1.54, 1.807) is 12.1 Å². The number of carbonyl (C=O) groups is 3. The lowest BCUT2D eigenvalue weighted by atomic mass is 10.0. The number of nitrogens with zero attached hydrogens (tertiary/aromatic N) is 1. The van der Waals surface area contributed by atoms with Crippen molar-refractivity contribution in [1.29, 1.82) is 0 Å². The zero-order valence-corrected chi connectivity index (χ0v) is 20.4. The molecule has 0 aromatic heterocycles. The summed E-state index contributed by atoms with van der Waals surface area (Å²) in [6, 6.07) is 23.3. The standard InChI is InChI=1S/C29H30N2O6/c32-24-15-13-21(14-16-24)18-25(28(34)36-19-22-8-3-1-4-9-22)30-27(33)26-12-7-17-31(26)29(35)37-20-23-10-5-2-6-11-23/h1-6,8-11,13-16,25-26,32H,7,12,17-20H2,(H,30,33). The highest BCUT2D eigenvalue weighted by molar-refractivity contribution is 5.90. The minimum atomic E-state index is -0.969. The second kappa shape index (κ2) is 12.6. The highest BCUT2D eigenvalue weighted by atomic mass is 16.6. The molecular weight excluding hydrogens is 472 g/mol. The van der Waals surface area contributed by atoms with Gasteiger partial charge >= 0.3 is 12.1 Å². The molecule has 0 aliphatic carbocycles. The maximum Gasteiger partial charge on any atom is 0.410 e. The van der Waals surface area contributed by atoms with Gasteiger partial charge in [-0.3, -0.25) is 9.69 Å². The number of amides is 2. The van der Waals surface area contributed by atoms with Crippen molar-refractivity contribution in [2.24, 2.45) is 0 Å². The summed E-state index contributed by atoms with van der Waals surface area (Å²) in [6.45, 7) is 0.579. The quantitative estimate of drug-likeness (QED) is 0.429. The van der Waals surface area contributed by atoms with Crippen molar-refractivity contribution in [3.05, 3.63) is 102 Å². The molecule has 0 saturated carbocycles. The number of aromatic hydroxyl groups is 1. The first-order chi connectivity index (χ1) is 18.0. The number of nitrogens with one attached hydrogen (secondary N) is 1. The van der Waals surface area contributed by atoms with Gasteiger partial charge in [0.2, 0.25) is 5.91 Å². The lowest BCUT2D eigenvalue weighted by Gasteiger charge is -2.25. The van der Waals surface area contributed by atoms with E-state index in [9.17, 15) is 19.5 Å². The third kappa shape index (κ3) is 7.33. The van der Waals surface area contributed by atoms with Gasteiger partial charge in [0.1, 0.15) is 31.0 Å². The van der Waals surface area contributed by atoms with E-state index in [1.807, 2.05) is 60.7 Å². The minimum Gasteiger partial charge on any atom is -0.508 e. The minimum absolute atomic E-state index is 0.0724. The molecule has 2 N–H and O–H groups in total. The maximum absolute atomic E-state index is 13.3. The highest BCUT2D eigenvalue weighted by Crippen LogP contribution is 2.20. The number of likely N-dealkylation sites (tertiary alicyclic amines) is 1. The molecule has 1 fully saturated rings. The van der Waals surface area contributed by atoms with Crippen LogP contribution in [0.4, 0.5) is 4.79 Å². The Labute approximate surface area is 215 Å². The first kappa shape index (κ1) is 25.8. The number of phenolic OH excluding ortho intramolecular Hbond substituents is 1. The smallest absolute Gasteiger partial charge is 0.410 e. The molecule has 192 valence electrons. The Balaban J connectivity index is 1.41. The lowest BCUT2D eigenvalue weighted by Crippen LogP contribution is -2.52. The Bertz CT molecular complexity index is 1180. The largest absolute Gasteiger partial charge is 0.508 e. The molecule has 37 heavy (non-hydrogen) atoms. The van der Waals surface area contributed by atoms with Crippen LogP contribution in [0.25, 0.3) is 0 Å². The molecule has 1 heterocycles. The fourth-order valence-electron chi connectivity index (χ4n) is 4.22. The predicted octanol–water partition coefficient (Wildman–Crippen LogP) is 3.96. The van der Waals surface area contributed by atoms with Gasteiger partial charge in [0.05, 0.1) is 0 Å². The number of hydrogen-bond donors (Lipinski definition) is 2. The second-order valence-electron chi connectivity index (χ2n) is 8.92. The molecule has 2 unspecified atom stereocenters. The van der Waals surface area contributed by atoms with Gasteiger partial charge in [-0.25, -0.2) is 9.59 Å². The fourth-order valence-corrected chi connectivity index (χ4v) is 4.22. The summed E-state index contributed by atoms with van der Waals surface area (Å²) >= 11 is 0. The third-order valence-electron chi connectivity index (χ3n) is 6.20. The fraction of sp³-hybridized carbons (Fsp3) is 0.276. The number of carbonyl (C=O) groups excluding carboxylic acids is 3. The molecule has 1 aliphatic rings. The first-order valence-corrected chi connectivity index (χ1v) is 12.3. The zero-order chi connectivity index (χ0) is 26.0. The molecule has 4 rings (SSSR count). The molecule has 0 radical (unpaired) electrons. The van der Waals surface area contributed by atoms with E-state index >= 15 is 0 Å². The van der Waals surface area contributed by atoms with E-state index in [0.29, 0.717) is 19.4 Å². The van der Waals surface area contributed by atoms with Gasteiger partial charge in [0.15, 0.2) is 0 Å². The van der Waals surface area contributed by atoms with Crippen LogP contribution in [0.1, 0.15) is 29.5 Å². The average molecular weight is 503 g/mol. The van der Waals surface area contributed by atoms with E-state index < -0.39 is 30.1 Å². The Kier molecular flexibility index (Phi) is 8.75.